The van der Waals surface area contributed by atoms with Crippen LogP contribution in [-0.2, 0) is 9.59 Å². The minimum absolute atomic E-state index is 0.0130. The lowest BCUT2D eigenvalue weighted by molar-refractivity contribution is -0.125. The number of fused-ring (bicyclic) bond motifs is 1. The van der Waals surface area contributed by atoms with E-state index < -0.39 is 0 Å². The number of carbonyl (C=O) groups is 2. The van der Waals surface area contributed by atoms with Crippen LogP contribution in [0.15, 0.2) is 12.1 Å². The second-order valence-electron chi connectivity index (χ2n) is 7.65. The number of carbonyl (C=O) groups excluding carboxylic acids is 2. The maximum atomic E-state index is 12.4. The smallest absolute Gasteiger partial charge is 0.243 e. The van der Waals surface area contributed by atoms with E-state index in [1.807, 2.05) is 32.9 Å². The van der Waals surface area contributed by atoms with E-state index in [0.29, 0.717) is 12.0 Å². The van der Waals surface area contributed by atoms with E-state index in [2.05, 4.69) is 16.0 Å². The first kappa shape index (κ1) is 17.9. The zero-order valence-electron chi connectivity index (χ0n) is 15.4. The fourth-order valence-electron chi connectivity index (χ4n) is 4.37. The van der Waals surface area contributed by atoms with Gasteiger partial charge in [-0.05, 0) is 57.1 Å². The third kappa shape index (κ3) is 4.21. The number of nitrogens with one attached hydrogen (secondary N) is 3. The van der Waals surface area contributed by atoms with Gasteiger partial charge in [-0.1, -0.05) is 30.5 Å². The van der Waals surface area contributed by atoms with Gasteiger partial charge in [0.1, 0.15) is 0 Å². The highest BCUT2D eigenvalue weighted by atomic mass is 16.2. The van der Waals surface area contributed by atoms with Crippen LogP contribution in [-0.4, -0.2) is 30.4 Å². The van der Waals surface area contributed by atoms with Gasteiger partial charge in [-0.15, -0.1) is 0 Å². The van der Waals surface area contributed by atoms with Gasteiger partial charge in [0.25, 0.3) is 0 Å². The maximum absolute atomic E-state index is 12.4. The molecule has 2 aliphatic rings. The molecule has 1 aromatic carbocycles. The second kappa shape index (κ2) is 7.56. The van der Waals surface area contributed by atoms with E-state index in [1.165, 1.54) is 31.2 Å². The number of aryl methyl sites for hydroxylation is 3. The Kier molecular flexibility index (Phi) is 5.42. The topological polar surface area (TPSA) is 70.2 Å². The first-order valence-corrected chi connectivity index (χ1v) is 9.35. The summed E-state index contributed by atoms with van der Waals surface area (Å²) in [7, 11) is 0. The van der Waals surface area contributed by atoms with Crippen LogP contribution in [0.25, 0.3) is 0 Å². The Bertz CT molecular complexity index is 634. The monoisotopic (exact) mass is 343 g/mol. The van der Waals surface area contributed by atoms with Crippen molar-refractivity contribution in [3.8, 4) is 0 Å². The lowest BCUT2D eigenvalue weighted by Crippen LogP contribution is -2.45. The van der Waals surface area contributed by atoms with Crippen LogP contribution in [0, 0.1) is 26.7 Å². The first-order chi connectivity index (χ1) is 11.9. The molecule has 2 amide bonds. The number of benzene rings is 1. The van der Waals surface area contributed by atoms with Crippen LogP contribution in [0.4, 0.5) is 5.69 Å². The Morgan fingerprint density at radius 1 is 1.12 bits per heavy atom. The van der Waals surface area contributed by atoms with Crippen LogP contribution >= 0.6 is 0 Å². The van der Waals surface area contributed by atoms with Crippen molar-refractivity contribution in [2.45, 2.75) is 65.0 Å². The van der Waals surface area contributed by atoms with Crippen molar-refractivity contribution < 1.29 is 9.59 Å². The fourth-order valence-corrected chi connectivity index (χ4v) is 4.37. The quantitative estimate of drug-likeness (QED) is 0.787. The molecule has 5 heteroatoms. The molecule has 3 atom stereocenters. The zero-order chi connectivity index (χ0) is 18.0. The van der Waals surface area contributed by atoms with Gasteiger partial charge in [-0.25, -0.2) is 0 Å². The van der Waals surface area contributed by atoms with Crippen LogP contribution in [0.1, 0.15) is 48.8 Å². The summed E-state index contributed by atoms with van der Waals surface area (Å²) in [5.41, 5.74) is 4.10. The van der Waals surface area contributed by atoms with E-state index >= 15 is 0 Å². The van der Waals surface area contributed by atoms with Gasteiger partial charge in [0.15, 0.2) is 0 Å². The molecule has 2 fully saturated rings. The van der Waals surface area contributed by atoms with Crippen molar-refractivity contribution in [3.05, 3.63) is 28.8 Å². The van der Waals surface area contributed by atoms with Crippen molar-refractivity contribution in [2.24, 2.45) is 5.92 Å². The first-order valence-electron chi connectivity index (χ1n) is 9.35. The normalized spacial score (nSPS) is 25.3. The van der Waals surface area contributed by atoms with E-state index in [9.17, 15) is 9.59 Å². The van der Waals surface area contributed by atoms with Crippen molar-refractivity contribution in [2.75, 3.05) is 11.9 Å². The number of rotatable bonds is 4. The summed E-state index contributed by atoms with van der Waals surface area (Å²) < 4.78 is 0. The van der Waals surface area contributed by atoms with Gasteiger partial charge in [-0.3, -0.25) is 9.59 Å². The highest BCUT2D eigenvalue weighted by molar-refractivity contribution is 5.96. The van der Waals surface area contributed by atoms with Gasteiger partial charge >= 0.3 is 0 Å². The van der Waals surface area contributed by atoms with Gasteiger partial charge in [0, 0.05) is 11.7 Å². The van der Waals surface area contributed by atoms with Gasteiger partial charge in [0.2, 0.25) is 11.8 Å². The minimum atomic E-state index is -0.182. The molecular weight excluding hydrogens is 314 g/mol. The van der Waals surface area contributed by atoms with E-state index in [0.717, 1.165) is 23.2 Å². The molecule has 1 heterocycles. The Balaban J connectivity index is 1.50. The van der Waals surface area contributed by atoms with Gasteiger partial charge < -0.3 is 16.0 Å². The molecule has 25 heavy (non-hydrogen) atoms. The summed E-state index contributed by atoms with van der Waals surface area (Å²) in [6.07, 6.45) is 5.80. The average Bonchev–Trinajstić information content (AvgIpc) is 3.00. The molecule has 3 rings (SSSR count). The number of anilines is 1. The summed E-state index contributed by atoms with van der Waals surface area (Å²) in [4.78, 5) is 24.6. The second-order valence-corrected chi connectivity index (χ2v) is 7.65. The Labute approximate surface area is 150 Å². The highest BCUT2D eigenvalue weighted by Crippen LogP contribution is 2.33. The van der Waals surface area contributed by atoms with Crippen LogP contribution < -0.4 is 16.0 Å². The fraction of sp³-hybridized carbons (Fsp3) is 0.600. The molecule has 3 unspecified atom stereocenters. The van der Waals surface area contributed by atoms with E-state index in [4.69, 9.17) is 0 Å². The Hall–Kier alpha value is -1.88. The summed E-state index contributed by atoms with van der Waals surface area (Å²) in [6.45, 7) is 6.02. The lowest BCUT2D eigenvalue weighted by atomic mass is 9.85. The molecule has 0 spiro atoms. The predicted octanol–water partition coefficient (Wildman–Crippen LogP) is 2.59. The number of amides is 2. The third-order valence-electron chi connectivity index (χ3n) is 5.54. The van der Waals surface area contributed by atoms with Crippen molar-refractivity contribution >= 4 is 17.5 Å². The maximum Gasteiger partial charge on any atom is 0.243 e. The van der Waals surface area contributed by atoms with Crippen LogP contribution in [0.2, 0.25) is 0 Å². The van der Waals surface area contributed by atoms with Crippen molar-refractivity contribution in [1.29, 1.82) is 0 Å². The average molecular weight is 343 g/mol. The molecule has 0 radical (unpaired) electrons. The Morgan fingerprint density at radius 3 is 2.48 bits per heavy atom. The van der Waals surface area contributed by atoms with Crippen LogP contribution in [0.5, 0.6) is 0 Å². The summed E-state index contributed by atoms with van der Waals surface area (Å²) >= 11 is 0. The molecular formula is C20H29N3O2. The summed E-state index contributed by atoms with van der Waals surface area (Å²) in [6, 6.07) is 4.43. The SMILES string of the molecule is Cc1cc(C)c(NC(=O)CNC(=O)C2CC3CCCCC3N2)c(C)c1. The zero-order valence-corrected chi connectivity index (χ0v) is 15.4. The molecule has 0 aromatic heterocycles. The van der Waals surface area contributed by atoms with Gasteiger partial charge in [-0.2, -0.15) is 0 Å². The molecule has 5 nitrogen and oxygen atoms in total. The lowest BCUT2D eigenvalue weighted by Gasteiger charge is -2.24. The third-order valence-corrected chi connectivity index (χ3v) is 5.54. The minimum Gasteiger partial charge on any atom is -0.346 e. The Morgan fingerprint density at radius 2 is 1.80 bits per heavy atom. The molecule has 136 valence electrons. The van der Waals surface area contributed by atoms with Crippen molar-refractivity contribution in [3.63, 3.8) is 0 Å². The summed E-state index contributed by atoms with van der Waals surface area (Å²) in [5.74, 6) is 0.386. The highest BCUT2D eigenvalue weighted by Gasteiger charge is 2.38. The molecule has 1 aromatic rings. The molecule has 1 aliphatic carbocycles. The molecule has 0 bridgehead atoms. The van der Waals surface area contributed by atoms with E-state index in [1.54, 1.807) is 0 Å². The molecule has 1 saturated carbocycles. The molecule has 1 aliphatic heterocycles. The molecule has 3 N–H and O–H groups in total. The summed E-state index contributed by atoms with van der Waals surface area (Å²) in [5, 5.41) is 9.17. The van der Waals surface area contributed by atoms with E-state index in [-0.39, 0.29) is 24.4 Å². The number of hydrogen-bond acceptors (Lipinski definition) is 3. The standard InChI is InChI=1S/C20H29N3O2/c1-12-8-13(2)19(14(3)9-12)23-18(24)11-21-20(25)17-10-15-6-4-5-7-16(15)22-17/h8-9,15-17,22H,4-7,10-11H2,1-3H3,(H,21,25)(H,23,24). The largest absolute Gasteiger partial charge is 0.346 e. The predicted molar refractivity (Wildman–Crippen MR) is 99.6 cm³/mol. The molecule has 1 saturated heterocycles. The number of hydrogen-bond donors (Lipinski definition) is 3. The van der Waals surface area contributed by atoms with Crippen molar-refractivity contribution in [1.82, 2.24) is 10.6 Å². The van der Waals surface area contributed by atoms with Crippen LogP contribution in [0.3, 0.4) is 0 Å². The van der Waals surface area contributed by atoms with Gasteiger partial charge in [0.05, 0.1) is 12.6 Å².